The van der Waals surface area contributed by atoms with E-state index >= 15 is 0 Å². The van der Waals surface area contributed by atoms with Crippen LogP contribution in [0, 0.1) is 5.92 Å². The summed E-state index contributed by atoms with van der Waals surface area (Å²) in [6, 6.07) is 3.28. The smallest absolute Gasteiger partial charge is 0.280 e. The first-order chi connectivity index (χ1) is 8.43. The maximum absolute atomic E-state index is 12.3. The standard InChI is InChI=1S/C13H17N3O2/c1-8(2)13(3,7-14)16-11(17)9-5-4-6-15-10(9)12(16)18/h4-6,8H,7,14H2,1-3H3. The zero-order chi connectivity index (χ0) is 13.5. The van der Waals surface area contributed by atoms with Crippen LogP contribution in [0.1, 0.15) is 41.6 Å². The normalized spacial score (nSPS) is 18.2. The molecule has 1 aliphatic rings. The summed E-state index contributed by atoms with van der Waals surface area (Å²) in [5.74, 6) is -0.577. The number of hydrogen-bond donors (Lipinski definition) is 1. The Morgan fingerprint density at radius 1 is 1.39 bits per heavy atom. The fourth-order valence-electron chi connectivity index (χ4n) is 2.12. The molecule has 96 valence electrons. The van der Waals surface area contributed by atoms with Crippen LogP contribution in [0.3, 0.4) is 0 Å². The number of rotatable bonds is 3. The molecule has 0 spiro atoms. The Balaban J connectivity index is 2.51. The van der Waals surface area contributed by atoms with Gasteiger partial charge >= 0.3 is 0 Å². The number of nitrogens with two attached hydrogens (primary N) is 1. The molecule has 5 nitrogen and oxygen atoms in total. The summed E-state index contributed by atoms with van der Waals surface area (Å²) in [5.41, 5.74) is 5.68. The fraction of sp³-hybridized carbons (Fsp3) is 0.462. The molecule has 0 saturated carbocycles. The number of imide groups is 1. The number of amides is 2. The Bertz CT molecular complexity index is 478. The molecule has 0 fully saturated rings. The zero-order valence-electron chi connectivity index (χ0n) is 10.8. The van der Waals surface area contributed by atoms with Gasteiger partial charge in [0.25, 0.3) is 11.8 Å². The first-order valence-electron chi connectivity index (χ1n) is 5.97. The Morgan fingerprint density at radius 2 is 2.06 bits per heavy atom. The van der Waals surface area contributed by atoms with Gasteiger partial charge < -0.3 is 5.73 Å². The van der Waals surface area contributed by atoms with Gasteiger partial charge in [-0.25, -0.2) is 0 Å². The number of carbonyl (C=O) groups is 2. The predicted octanol–water partition coefficient (Wildman–Crippen LogP) is 1.05. The molecule has 2 heterocycles. The monoisotopic (exact) mass is 247 g/mol. The van der Waals surface area contributed by atoms with E-state index in [9.17, 15) is 9.59 Å². The third-order valence-corrected chi connectivity index (χ3v) is 3.81. The van der Waals surface area contributed by atoms with Gasteiger partial charge in [0.1, 0.15) is 5.69 Å². The van der Waals surface area contributed by atoms with Gasteiger partial charge in [0.2, 0.25) is 0 Å². The van der Waals surface area contributed by atoms with Crippen molar-refractivity contribution in [1.82, 2.24) is 9.88 Å². The minimum atomic E-state index is -0.686. The number of nitrogens with zero attached hydrogens (tertiary/aromatic N) is 2. The molecular formula is C13H17N3O2. The minimum absolute atomic E-state index is 0.0738. The van der Waals surface area contributed by atoms with Crippen LogP contribution in [0.25, 0.3) is 0 Å². The first-order valence-corrected chi connectivity index (χ1v) is 5.97. The second-order valence-electron chi connectivity index (χ2n) is 5.06. The summed E-state index contributed by atoms with van der Waals surface area (Å²) < 4.78 is 0. The van der Waals surface area contributed by atoms with E-state index in [0.29, 0.717) is 5.56 Å². The molecule has 0 radical (unpaired) electrons. The molecule has 1 unspecified atom stereocenters. The van der Waals surface area contributed by atoms with Crippen molar-refractivity contribution in [2.24, 2.45) is 11.7 Å². The minimum Gasteiger partial charge on any atom is -0.328 e. The number of hydrogen-bond acceptors (Lipinski definition) is 4. The van der Waals surface area contributed by atoms with Crippen LogP contribution >= 0.6 is 0 Å². The lowest BCUT2D eigenvalue weighted by Crippen LogP contribution is -2.57. The molecule has 0 bridgehead atoms. The van der Waals surface area contributed by atoms with Gasteiger partial charge in [-0.15, -0.1) is 0 Å². The molecule has 1 aliphatic heterocycles. The van der Waals surface area contributed by atoms with Crippen molar-refractivity contribution >= 4 is 11.8 Å². The topological polar surface area (TPSA) is 76.3 Å². The van der Waals surface area contributed by atoms with Crippen LogP contribution in [0.4, 0.5) is 0 Å². The van der Waals surface area contributed by atoms with Crippen LogP contribution in [0.5, 0.6) is 0 Å². The van der Waals surface area contributed by atoms with E-state index in [2.05, 4.69) is 4.98 Å². The van der Waals surface area contributed by atoms with Gasteiger partial charge in [-0.3, -0.25) is 19.5 Å². The van der Waals surface area contributed by atoms with Crippen molar-refractivity contribution in [3.63, 3.8) is 0 Å². The molecule has 2 amide bonds. The highest BCUT2D eigenvalue weighted by atomic mass is 16.2. The largest absolute Gasteiger partial charge is 0.328 e. The van der Waals surface area contributed by atoms with Gasteiger partial charge in [-0.1, -0.05) is 13.8 Å². The van der Waals surface area contributed by atoms with Crippen molar-refractivity contribution in [3.05, 3.63) is 29.6 Å². The maximum atomic E-state index is 12.3. The van der Waals surface area contributed by atoms with Crippen molar-refractivity contribution in [2.75, 3.05) is 6.54 Å². The third kappa shape index (κ3) is 1.54. The molecule has 0 aromatic carbocycles. The Morgan fingerprint density at radius 3 is 2.56 bits per heavy atom. The van der Waals surface area contributed by atoms with E-state index in [0.717, 1.165) is 0 Å². The molecule has 18 heavy (non-hydrogen) atoms. The maximum Gasteiger partial charge on any atom is 0.280 e. The number of carbonyl (C=O) groups excluding carboxylic acids is 2. The van der Waals surface area contributed by atoms with Crippen molar-refractivity contribution in [2.45, 2.75) is 26.3 Å². The van der Waals surface area contributed by atoms with Gasteiger partial charge in [0, 0.05) is 12.7 Å². The van der Waals surface area contributed by atoms with E-state index in [4.69, 9.17) is 5.73 Å². The average molecular weight is 247 g/mol. The Hall–Kier alpha value is -1.75. The number of fused-ring (bicyclic) bond motifs is 1. The van der Waals surface area contributed by atoms with Gasteiger partial charge in [-0.05, 0) is 25.0 Å². The SMILES string of the molecule is CC(C)C(C)(CN)N1C(=O)c2cccnc2C1=O. The van der Waals surface area contributed by atoms with Gasteiger partial charge in [0.05, 0.1) is 11.1 Å². The van der Waals surface area contributed by atoms with Crippen LogP contribution in [0.15, 0.2) is 18.3 Å². The fourth-order valence-corrected chi connectivity index (χ4v) is 2.12. The lowest BCUT2D eigenvalue weighted by atomic mass is 9.86. The van der Waals surface area contributed by atoms with E-state index in [1.165, 1.54) is 11.1 Å². The zero-order valence-corrected chi connectivity index (χ0v) is 10.8. The molecule has 1 aromatic rings. The van der Waals surface area contributed by atoms with Gasteiger partial charge in [-0.2, -0.15) is 0 Å². The summed E-state index contributed by atoms with van der Waals surface area (Å²) in [7, 11) is 0. The van der Waals surface area contributed by atoms with E-state index in [1.54, 1.807) is 12.1 Å². The molecule has 0 saturated heterocycles. The van der Waals surface area contributed by atoms with Crippen LogP contribution in [-0.2, 0) is 0 Å². The number of aromatic nitrogens is 1. The third-order valence-electron chi connectivity index (χ3n) is 3.81. The van der Waals surface area contributed by atoms with Gasteiger partial charge in [0.15, 0.2) is 0 Å². The summed E-state index contributed by atoms with van der Waals surface area (Å²) in [4.78, 5) is 29.9. The highest BCUT2D eigenvalue weighted by molar-refractivity contribution is 6.20. The molecule has 0 aliphatic carbocycles. The van der Waals surface area contributed by atoms with Crippen molar-refractivity contribution < 1.29 is 9.59 Å². The summed E-state index contributed by atoms with van der Waals surface area (Å²) in [6.07, 6.45) is 1.52. The second kappa shape index (κ2) is 4.17. The molecular weight excluding hydrogens is 230 g/mol. The first kappa shape index (κ1) is 12.7. The van der Waals surface area contributed by atoms with Crippen LogP contribution in [0.2, 0.25) is 0 Å². The lowest BCUT2D eigenvalue weighted by Gasteiger charge is -2.39. The quantitative estimate of drug-likeness (QED) is 0.810. The molecule has 1 aromatic heterocycles. The summed E-state index contributed by atoms with van der Waals surface area (Å²) in [6.45, 7) is 5.96. The predicted molar refractivity (Wildman–Crippen MR) is 67.0 cm³/mol. The van der Waals surface area contributed by atoms with Crippen LogP contribution < -0.4 is 5.73 Å². The highest BCUT2D eigenvalue weighted by Crippen LogP contribution is 2.32. The van der Waals surface area contributed by atoms with E-state index in [-0.39, 0.29) is 30.0 Å². The Labute approximate surface area is 106 Å². The molecule has 2 N–H and O–H groups in total. The number of pyridine rings is 1. The summed E-state index contributed by atoms with van der Waals surface area (Å²) >= 11 is 0. The highest BCUT2D eigenvalue weighted by Gasteiger charge is 2.47. The molecule has 5 heteroatoms. The van der Waals surface area contributed by atoms with E-state index in [1.807, 2.05) is 20.8 Å². The van der Waals surface area contributed by atoms with Crippen molar-refractivity contribution in [1.29, 1.82) is 0 Å². The van der Waals surface area contributed by atoms with Crippen LogP contribution in [-0.4, -0.2) is 33.8 Å². The lowest BCUT2D eigenvalue weighted by molar-refractivity contribution is 0.0370. The second-order valence-corrected chi connectivity index (χ2v) is 5.06. The summed E-state index contributed by atoms with van der Waals surface area (Å²) in [5, 5.41) is 0. The molecule has 2 rings (SSSR count). The average Bonchev–Trinajstić information content (AvgIpc) is 2.62. The van der Waals surface area contributed by atoms with E-state index < -0.39 is 5.54 Å². The van der Waals surface area contributed by atoms with Crippen molar-refractivity contribution in [3.8, 4) is 0 Å². The molecule has 1 atom stereocenters. The Kier molecular flexibility index (Phi) is 2.94.